The average Bonchev–Trinajstić information content (AvgIpc) is 3.19. The molecule has 0 radical (unpaired) electrons. The van der Waals surface area contributed by atoms with Crippen molar-refractivity contribution in [3.63, 3.8) is 0 Å². The topological polar surface area (TPSA) is 130 Å². The van der Waals surface area contributed by atoms with E-state index in [9.17, 15) is 13.2 Å². The average molecular weight is 730 g/mol. The summed E-state index contributed by atoms with van der Waals surface area (Å²) in [4.78, 5) is 22.4. The summed E-state index contributed by atoms with van der Waals surface area (Å²) >= 11 is 9.99. The predicted octanol–water partition coefficient (Wildman–Crippen LogP) is 4.86. The molecule has 1 unspecified atom stereocenters. The molecular weight excluding hydrogens is 692 g/mol. The van der Waals surface area contributed by atoms with Gasteiger partial charge in [-0.3, -0.25) is 14.7 Å². The van der Waals surface area contributed by atoms with Gasteiger partial charge < -0.3 is 15.0 Å². The van der Waals surface area contributed by atoms with Crippen LogP contribution in [-0.4, -0.2) is 67.9 Å². The van der Waals surface area contributed by atoms with Gasteiger partial charge >= 0.3 is 16.2 Å². The molecule has 3 aliphatic rings. The molecule has 46 heavy (non-hydrogen) atoms. The number of amidine groups is 1. The lowest BCUT2D eigenvalue weighted by molar-refractivity contribution is -0.126. The number of piperidine rings is 2. The van der Waals surface area contributed by atoms with Gasteiger partial charge in [0.25, 0.3) is 0 Å². The normalized spacial score (nSPS) is 20.0. The maximum atomic E-state index is 13.3. The lowest BCUT2D eigenvalue weighted by Crippen LogP contribution is -2.46. The van der Waals surface area contributed by atoms with Crippen LogP contribution in [0.1, 0.15) is 54.1 Å². The number of para-hydroxylation sites is 1. The molecular formula is C33H38BrClN6O4S. The summed E-state index contributed by atoms with van der Waals surface area (Å²) in [5.41, 5.74) is 4.84. The highest BCUT2D eigenvalue weighted by atomic mass is 79.9. The smallest absolute Gasteiger partial charge is 0.321 e. The Morgan fingerprint density at radius 1 is 1.02 bits per heavy atom. The molecule has 1 amide bonds. The molecule has 6 rings (SSSR count). The zero-order valence-electron chi connectivity index (χ0n) is 25.4. The lowest BCUT2D eigenvalue weighted by atomic mass is 9.90. The quantitative estimate of drug-likeness (QED) is 0.274. The number of aryl methyl sites for hydroxylation is 2. The van der Waals surface area contributed by atoms with Crippen LogP contribution in [0.25, 0.3) is 0 Å². The van der Waals surface area contributed by atoms with Gasteiger partial charge in [0.2, 0.25) is 5.91 Å². The fourth-order valence-electron chi connectivity index (χ4n) is 6.76. The van der Waals surface area contributed by atoms with E-state index in [4.69, 9.17) is 26.5 Å². The largest absolute Gasteiger partial charge is 0.425 e. The maximum absolute atomic E-state index is 13.3. The number of nitrogens with one attached hydrogen (secondary N) is 1. The van der Waals surface area contributed by atoms with Gasteiger partial charge in [-0.05, 0) is 120 Å². The fraction of sp³-hybridized carbons (Fsp3) is 0.424. The van der Waals surface area contributed by atoms with E-state index in [-0.39, 0.29) is 29.8 Å². The Labute approximate surface area is 283 Å². The number of benzene rings is 2. The van der Waals surface area contributed by atoms with Crippen molar-refractivity contribution in [2.75, 3.05) is 32.7 Å². The second kappa shape index (κ2) is 14.4. The zero-order chi connectivity index (χ0) is 32.3. The molecule has 1 aliphatic carbocycles. The third kappa shape index (κ3) is 8.09. The fourth-order valence-corrected chi connectivity index (χ4v) is 7.71. The van der Waals surface area contributed by atoms with Gasteiger partial charge in [-0.15, -0.1) is 0 Å². The Morgan fingerprint density at radius 2 is 1.74 bits per heavy atom. The Hall–Kier alpha value is -3.03. The number of ether oxygens (including phenoxy) is 1. The van der Waals surface area contributed by atoms with Crippen molar-refractivity contribution in [2.45, 2.75) is 44.6 Å². The number of likely N-dealkylation sites (tertiary alicyclic amines) is 2. The number of aromatic nitrogens is 1. The van der Waals surface area contributed by atoms with Gasteiger partial charge in [-0.1, -0.05) is 40.3 Å². The van der Waals surface area contributed by atoms with E-state index in [1.54, 1.807) is 29.2 Å². The highest BCUT2D eigenvalue weighted by molar-refractivity contribution is 9.10. The first kappa shape index (κ1) is 32.9. The van der Waals surface area contributed by atoms with Crippen LogP contribution in [0.15, 0.2) is 69.7 Å². The van der Waals surface area contributed by atoms with Crippen molar-refractivity contribution >= 4 is 49.7 Å². The Balaban J connectivity index is 1.03. The van der Waals surface area contributed by atoms with Crippen LogP contribution < -0.4 is 15.2 Å². The molecule has 244 valence electrons. The number of amides is 1. The van der Waals surface area contributed by atoms with E-state index in [0.29, 0.717) is 25.4 Å². The van der Waals surface area contributed by atoms with Gasteiger partial charge in [0.15, 0.2) is 0 Å². The standard InChI is InChI=1S/C33H38BrClN6O4S/c34-26-18-25-7-6-24-19-27(35)8-9-29(24)31(30(25)37-21-26)40-16-12-23(13-17-40)32(42)38-20-22-10-14-41(15-11-22)33(39-46(36,43)44)45-28-4-2-1-3-5-28/h1-5,8-9,18-19,21-23,31H,6-7,10-17,20H2,(H,38,42)(H2,36,43,44)/b39-33-. The summed E-state index contributed by atoms with van der Waals surface area (Å²) < 4.78 is 33.9. The molecule has 1 aromatic heterocycles. The minimum atomic E-state index is -4.14. The Bertz CT molecular complexity index is 1640. The number of hydrogen-bond acceptors (Lipinski definition) is 6. The SMILES string of the molecule is NS(=O)(=O)/N=C(\Oc1ccccc1)N1CCC(CNC(=O)C2CCN(C3c4ccc(Cl)cc4CCc4cc(Br)cnc43)CC2)CC1. The number of halogens is 2. The Kier molecular flexibility index (Phi) is 10.3. The third-order valence-corrected chi connectivity index (χ3v) is 10.2. The van der Waals surface area contributed by atoms with Crippen molar-refractivity contribution in [1.29, 1.82) is 0 Å². The first-order valence-corrected chi connectivity index (χ1v) is 18.4. The number of nitrogens with zero attached hydrogens (tertiary/aromatic N) is 4. The summed E-state index contributed by atoms with van der Waals surface area (Å²) in [5.74, 6) is 0.800. The van der Waals surface area contributed by atoms with E-state index in [2.05, 4.69) is 48.7 Å². The monoisotopic (exact) mass is 728 g/mol. The van der Waals surface area contributed by atoms with Crippen LogP contribution >= 0.6 is 27.5 Å². The van der Waals surface area contributed by atoms with Crippen LogP contribution in [0.3, 0.4) is 0 Å². The summed E-state index contributed by atoms with van der Waals surface area (Å²) in [6.07, 6.45) is 6.77. The second-order valence-electron chi connectivity index (χ2n) is 12.2. The van der Waals surface area contributed by atoms with Crippen LogP contribution in [0.2, 0.25) is 5.02 Å². The number of hydrogen-bond donors (Lipinski definition) is 2. The van der Waals surface area contributed by atoms with Gasteiger partial charge in [0.1, 0.15) is 5.75 Å². The number of rotatable bonds is 6. The number of carbonyl (C=O) groups is 1. The van der Waals surface area contributed by atoms with Crippen LogP contribution in [-0.2, 0) is 27.8 Å². The molecule has 2 saturated heterocycles. The molecule has 2 aliphatic heterocycles. The predicted molar refractivity (Wildman–Crippen MR) is 182 cm³/mol. The Morgan fingerprint density at radius 3 is 2.46 bits per heavy atom. The molecule has 3 heterocycles. The summed E-state index contributed by atoms with van der Waals surface area (Å²) in [5, 5.41) is 9.16. The summed E-state index contributed by atoms with van der Waals surface area (Å²) in [6, 6.07) is 17.3. The number of carbonyl (C=O) groups excluding carboxylic acids is 1. The van der Waals surface area contributed by atoms with Crippen LogP contribution in [0, 0.1) is 11.8 Å². The van der Waals surface area contributed by atoms with Gasteiger partial charge in [0, 0.05) is 41.2 Å². The van der Waals surface area contributed by atoms with E-state index in [1.165, 1.54) is 16.7 Å². The highest BCUT2D eigenvalue weighted by Gasteiger charge is 2.35. The molecule has 10 nitrogen and oxygen atoms in total. The van der Waals surface area contributed by atoms with E-state index in [0.717, 1.165) is 66.8 Å². The van der Waals surface area contributed by atoms with Crippen LogP contribution in [0.4, 0.5) is 0 Å². The van der Waals surface area contributed by atoms with Crippen molar-refractivity contribution in [3.05, 3.63) is 92.7 Å². The van der Waals surface area contributed by atoms with Crippen molar-refractivity contribution in [2.24, 2.45) is 21.4 Å². The molecule has 0 bridgehead atoms. The molecule has 0 spiro atoms. The first-order valence-electron chi connectivity index (χ1n) is 15.7. The first-order chi connectivity index (χ1) is 22.1. The minimum absolute atomic E-state index is 0.0284. The molecule has 2 fully saturated rings. The van der Waals surface area contributed by atoms with Gasteiger partial charge in [-0.2, -0.15) is 8.42 Å². The van der Waals surface area contributed by atoms with E-state index in [1.807, 2.05) is 18.3 Å². The molecule has 13 heteroatoms. The summed E-state index contributed by atoms with van der Waals surface area (Å²) in [6.45, 7) is 3.26. The zero-order valence-corrected chi connectivity index (χ0v) is 28.6. The molecule has 3 aromatic rings. The van der Waals surface area contributed by atoms with Crippen LogP contribution in [0.5, 0.6) is 5.75 Å². The number of pyridine rings is 1. The minimum Gasteiger partial charge on any atom is -0.425 e. The van der Waals surface area contributed by atoms with E-state index < -0.39 is 10.2 Å². The molecule has 0 saturated carbocycles. The second-order valence-corrected chi connectivity index (χ2v) is 14.8. The number of nitrogens with two attached hydrogens (primary N) is 1. The van der Waals surface area contributed by atoms with Gasteiger partial charge in [0.05, 0.1) is 11.7 Å². The van der Waals surface area contributed by atoms with Crippen molar-refractivity contribution < 1.29 is 17.9 Å². The highest BCUT2D eigenvalue weighted by Crippen LogP contribution is 2.39. The molecule has 2 aromatic carbocycles. The van der Waals surface area contributed by atoms with Crippen molar-refractivity contribution in [3.8, 4) is 5.75 Å². The van der Waals surface area contributed by atoms with Crippen molar-refractivity contribution in [1.82, 2.24) is 20.1 Å². The lowest BCUT2D eigenvalue weighted by Gasteiger charge is -2.38. The van der Waals surface area contributed by atoms with E-state index >= 15 is 0 Å². The third-order valence-electron chi connectivity index (χ3n) is 9.16. The summed E-state index contributed by atoms with van der Waals surface area (Å²) in [7, 11) is -4.14. The number of fused-ring (bicyclic) bond motifs is 2. The van der Waals surface area contributed by atoms with Gasteiger partial charge in [-0.25, -0.2) is 5.14 Å². The maximum Gasteiger partial charge on any atom is 0.321 e. The molecule has 1 atom stereocenters. The molecule has 3 N–H and O–H groups in total.